The van der Waals surface area contributed by atoms with Gasteiger partial charge >= 0.3 is 0 Å². The highest BCUT2D eigenvalue weighted by Gasteiger charge is 2.44. The Morgan fingerprint density at radius 1 is 0.976 bits per heavy atom. The van der Waals surface area contributed by atoms with E-state index < -0.39 is 11.8 Å². The number of anilines is 2. The Hall–Kier alpha value is -3.96. The van der Waals surface area contributed by atoms with E-state index in [0.717, 1.165) is 43.9 Å². The zero-order chi connectivity index (χ0) is 28.8. The van der Waals surface area contributed by atoms with Gasteiger partial charge in [-0.1, -0.05) is 79.6 Å². The van der Waals surface area contributed by atoms with Crippen LogP contribution in [-0.2, 0) is 21.4 Å². The maximum absolute atomic E-state index is 13.8. The van der Waals surface area contributed by atoms with Gasteiger partial charge in [-0.15, -0.1) is 0 Å². The quantitative estimate of drug-likeness (QED) is 0.352. The van der Waals surface area contributed by atoms with E-state index in [2.05, 4.69) is 5.32 Å². The summed E-state index contributed by atoms with van der Waals surface area (Å²) in [6.45, 7) is 1.43. The van der Waals surface area contributed by atoms with Crippen LogP contribution in [0.1, 0.15) is 43.4 Å². The van der Waals surface area contributed by atoms with Gasteiger partial charge in [0, 0.05) is 18.7 Å². The molecule has 210 valence electrons. The number of amides is 3. The normalized spacial score (nSPS) is 19.3. The van der Waals surface area contributed by atoms with Crippen LogP contribution < -0.4 is 15.8 Å². The number of rotatable bonds is 5. The maximum atomic E-state index is 13.8. The van der Waals surface area contributed by atoms with E-state index in [1.165, 1.54) is 9.58 Å². The van der Waals surface area contributed by atoms with Gasteiger partial charge in [-0.3, -0.25) is 33.7 Å². The van der Waals surface area contributed by atoms with E-state index in [0.29, 0.717) is 31.9 Å². The Morgan fingerprint density at radius 2 is 1.66 bits per heavy atom. The van der Waals surface area contributed by atoms with Crippen molar-refractivity contribution in [2.45, 2.75) is 45.1 Å². The summed E-state index contributed by atoms with van der Waals surface area (Å²) in [6, 6.07) is 16.3. The fourth-order valence-corrected chi connectivity index (χ4v) is 7.35. The first-order valence-corrected chi connectivity index (χ1v) is 14.8. The van der Waals surface area contributed by atoms with E-state index >= 15 is 0 Å². The van der Waals surface area contributed by atoms with E-state index in [9.17, 15) is 19.2 Å². The second kappa shape index (κ2) is 10.8. The molecular formula is C30H29N5O4S2. The van der Waals surface area contributed by atoms with Crippen molar-refractivity contribution in [1.82, 2.24) is 14.3 Å². The summed E-state index contributed by atoms with van der Waals surface area (Å²) in [6.07, 6.45) is 5.05. The number of fused-ring (bicyclic) bond motifs is 1. The second-order valence-electron chi connectivity index (χ2n) is 10.4. The van der Waals surface area contributed by atoms with Crippen LogP contribution in [0.25, 0.3) is 11.3 Å². The average Bonchev–Trinajstić information content (AvgIpc) is 3.50. The van der Waals surface area contributed by atoms with Crippen molar-refractivity contribution in [3.05, 3.63) is 81.1 Å². The van der Waals surface area contributed by atoms with E-state index in [-0.39, 0.29) is 35.3 Å². The molecule has 0 spiro atoms. The first-order valence-electron chi connectivity index (χ1n) is 13.6. The summed E-state index contributed by atoms with van der Waals surface area (Å²) in [4.78, 5) is 57.4. The highest BCUT2D eigenvalue weighted by atomic mass is 32.2. The van der Waals surface area contributed by atoms with Gasteiger partial charge in [-0.2, -0.15) is 0 Å². The third-order valence-corrected chi connectivity index (χ3v) is 9.41. The smallest absolute Gasteiger partial charge is 0.295 e. The predicted octanol–water partition coefficient (Wildman–Crippen LogP) is 4.37. The van der Waals surface area contributed by atoms with Crippen LogP contribution in [0.4, 0.5) is 11.4 Å². The summed E-state index contributed by atoms with van der Waals surface area (Å²) in [5.41, 5.74) is 2.43. The number of thiocarbonyl (C=S) groups is 1. The summed E-state index contributed by atoms with van der Waals surface area (Å²) in [5, 5.41) is 2.73. The molecule has 2 aliphatic heterocycles. The molecule has 0 atom stereocenters. The molecule has 3 aliphatic rings. The number of nitrogens with zero attached hydrogens (tertiary/aromatic N) is 4. The molecule has 1 N–H and O–H groups in total. The van der Waals surface area contributed by atoms with Crippen LogP contribution in [-0.4, -0.2) is 48.9 Å². The molecule has 3 amide bonds. The first kappa shape index (κ1) is 27.2. The lowest BCUT2D eigenvalue weighted by Gasteiger charge is -2.29. The predicted molar refractivity (Wildman–Crippen MR) is 164 cm³/mol. The number of thioether (sulfide) groups is 1. The zero-order valence-corrected chi connectivity index (χ0v) is 24.4. The highest BCUT2D eigenvalue weighted by Crippen LogP contribution is 2.45. The van der Waals surface area contributed by atoms with Crippen molar-refractivity contribution in [2.75, 3.05) is 16.8 Å². The van der Waals surface area contributed by atoms with E-state index in [4.69, 9.17) is 12.2 Å². The lowest BCUT2D eigenvalue weighted by molar-refractivity contribution is -0.124. The number of para-hydroxylation sites is 2. The standard InChI is InChI=1S/C30H29N5O4S2/c1-18-25(28(38)35(32(18)2)20-13-7-4-8-14-20)31-23(36)17-33-22-16-10-9-15-21(22)24(27(33)37)26-29(39)34(30(40)41-26)19-11-5-3-6-12-19/h4,7-10,13-16,19H,3,5-6,11-12,17H2,1-2H3,(H,31,36). The van der Waals surface area contributed by atoms with Gasteiger partial charge < -0.3 is 5.32 Å². The van der Waals surface area contributed by atoms with Crippen molar-refractivity contribution in [2.24, 2.45) is 7.05 Å². The van der Waals surface area contributed by atoms with Crippen LogP contribution in [0.5, 0.6) is 0 Å². The van der Waals surface area contributed by atoms with Crippen molar-refractivity contribution in [1.29, 1.82) is 0 Å². The van der Waals surface area contributed by atoms with Crippen molar-refractivity contribution < 1.29 is 14.4 Å². The number of carbonyl (C=O) groups excluding carboxylic acids is 3. The molecule has 6 rings (SSSR count). The van der Waals surface area contributed by atoms with Gasteiger partial charge in [-0.25, -0.2) is 4.68 Å². The van der Waals surface area contributed by atoms with E-state index in [1.807, 2.05) is 30.3 Å². The van der Waals surface area contributed by atoms with Crippen LogP contribution >= 0.6 is 24.0 Å². The molecule has 3 heterocycles. The van der Waals surface area contributed by atoms with Crippen molar-refractivity contribution in [3.8, 4) is 5.69 Å². The summed E-state index contributed by atoms with van der Waals surface area (Å²) in [5.74, 6) is -1.19. The molecule has 41 heavy (non-hydrogen) atoms. The number of aromatic nitrogens is 2. The third kappa shape index (κ3) is 4.62. The molecule has 3 aromatic rings. The maximum Gasteiger partial charge on any atom is 0.295 e. The Bertz CT molecular complexity index is 1680. The van der Waals surface area contributed by atoms with Gasteiger partial charge in [0.15, 0.2) is 0 Å². The van der Waals surface area contributed by atoms with E-state index in [1.54, 1.807) is 47.8 Å². The lowest BCUT2D eigenvalue weighted by Crippen LogP contribution is -2.40. The average molecular weight is 588 g/mol. The highest BCUT2D eigenvalue weighted by molar-refractivity contribution is 8.26. The molecule has 0 bridgehead atoms. The van der Waals surface area contributed by atoms with Crippen LogP contribution in [0, 0.1) is 6.92 Å². The molecule has 1 aromatic heterocycles. The molecule has 9 nitrogen and oxygen atoms in total. The van der Waals surface area contributed by atoms with Gasteiger partial charge in [0.1, 0.15) is 16.6 Å². The zero-order valence-electron chi connectivity index (χ0n) is 22.8. The van der Waals surface area contributed by atoms with Gasteiger partial charge in [0.25, 0.3) is 17.4 Å². The SMILES string of the molecule is Cc1c(NC(=O)CN2C(=O)C(=C3SC(=S)N(C4CCCCC4)C3=O)c3ccccc32)c(=O)n(-c2ccccc2)n1C. The number of benzene rings is 2. The molecule has 11 heteroatoms. The minimum absolute atomic E-state index is 0.0528. The van der Waals surface area contributed by atoms with Crippen molar-refractivity contribution >= 4 is 63.0 Å². The van der Waals surface area contributed by atoms with Gasteiger partial charge in [0.2, 0.25) is 5.91 Å². The summed E-state index contributed by atoms with van der Waals surface area (Å²) < 4.78 is 3.63. The monoisotopic (exact) mass is 587 g/mol. The van der Waals surface area contributed by atoms with Crippen LogP contribution in [0.2, 0.25) is 0 Å². The third-order valence-electron chi connectivity index (χ3n) is 8.01. The Morgan fingerprint density at radius 3 is 2.39 bits per heavy atom. The molecule has 0 radical (unpaired) electrons. The number of hydrogen-bond acceptors (Lipinski definition) is 6. The molecule has 0 unspecified atom stereocenters. The largest absolute Gasteiger partial charge is 0.318 e. The fraction of sp³-hybridized carbons (Fsp3) is 0.300. The molecule has 1 saturated heterocycles. The van der Waals surface area contributed by atoms with Crippen LogP contribution in [0.3, 0.4) is 0 Å². The first-order chi connectivity index (χ1) is 19.8. The Kier molecular flexibility index (Phi) is 7.16. The van der Waals surface area contributed by atoms with Gasteiger partial charge in [0.05, 0.1) is 27.5 Å². The van der Waals surface area contributed by atoms with Gasteiger partial charge in [-0.05, 0) is 38.0 Å². The molecule has 2 fully saturated rings. The molecule has 1 saturated carbocycles. The lowest BCUT2D eigenvalue weighted by atomic mass is 9.94. The molecule has 1 aliphatic carbocycles. The van der Waals surface area contributed by atoms with Crippen molar-refractivity contribution in [3.63, 3.8) is 0 Å². The number of hydrogen-bond donors (Lipinski definition) is 1. The second-order valence-corrected chi connectivity index (χ2v) is 12.1. The Balaban J connectivity index is 1.29. The minimum Gasteiger partial charge on any atom is -0.318 e. The number of nitrogens with one attached hydrogen (secondary N) is 1. The summed E-state index contributed by atoms with van der Waals surface area (Å²) in [7, 11) is 1.75. The summed E-state index contributed by atoms with van der Waals surface area (Å²) >= 11 is 6.77. The molecular weight excluding hydrogens is 558 g/mol. The number of carbonyl (C=O) groups is 3. The molecule has 2 aromatic carbocycles. The Labute approximate surface area is 246 Å². The fourth-order valence-electron chi connectivity index (χ4n) is 5.88. The minimum atomic E-state index is -0.518. The van der Waals surface area contributed by atoms with Crippen LogP contribution in [0.15, 0.2) is 64.3 Å². The topological polar surface area (TPSA) is 96.7 Å².